The largest absolute Gasteiger partial charge is 0.454 e. The Balaban J connectivity index is 1.60. The summed E-state index contributed by atoms with van der Waals surface area (Å²) in [7, 11) is 0. The summed E-state index contributed by atoms with van der Waals surface area (Å²) >= 11 is 0. The molecule has 2 aliphatic heterocycles. The van der Waals surface area contributed by atoms with E-state index in [0.29, 0.717) is 31.0 Å². The van der Waals surface area contributed by atoms with Crippen molar-refractivity contribution in [3.63, 3.8) is 0 Å². The molecule has 4 rings (SSSR count). The molecule has 6 nitrogen and oxygen atoms in total. The molecule has 1 atom stereocenters. The zero-order valence-corrected chi connectivity index (χ0v) is 14.6. The monoisotopic (exact) mass is 352 g/mol. The number of hydrogen-bond donors (Lipinski definition) is 0. The summed E-state index contributed by atoms with van der Waals surface area (Å²) in [5.74, 6) is 1.24. The first-order valence-electron chi connectivity index (χ1n) is 8.72. The van der Waals surface area contributed by atoms with Crippen LogP contribution < -0.4 is 9.47 Å². The zero-order chi connectivity index (χ0) is 18.1. The summed E-state index contributed by atoms with van der Waals surface area (Å²) < 4.78 is 10.7. The molecule has 0 unspecified atom stereocenters. The van der Waals surface area contributed by atoms with E-state index < -0.39 is 6.04 Å². The maximum atomic E-state index is 12.8. The third-order valence-corrected chi connectivity index (χ3v) is 4.78. The zero-order valence-electron chi connectivity index (χ0n) is 14.6. The van der Waals surface area contributed by atoms with E-state index >= 15 is 0 Å². The van der Waals surface area contributed by atoms with Gasteiger partial charge in [-0.3, -0.25) is 9.69 Å². The second kappa shape index (κ2) is 6.71. The summed E-state index contributed by atoms with van der Waals surface area (Å²) in [4.78, 5) is 28.5. The number of amides is 3. The van der Waals surface area contributed by atoms with Gasteiger partial charge in [-0.1, -0.05) is 36.4 Å². The molecule has 6 heteroatoms. The van der Waals surface area contributed by atoms with Gasteiger partial charge in [-0.05, 0) is 30.2 Å². The van der Waals surface area contributed by atoms with Crippen molar-refractivity contribution in [2.24, 2.45) is 0 Å². The number of ether oxygens (including phenoxy) is 2. The first-order valence-corrected chi connectivity index (χ1v) is 8.72. The molecule has 0 aliphatic carbocycles. The number of rotatable bonds is 5. The number of likely N-dealkylation sites (N-methyl/N-ethyl adjacent to an activating group) is 1. The van der Waals surface area contributed by atoms with Crippen molar-refractivity contribution >= 4 is 11.9 Å². The van der Waals surface area contributed by atoms with E-state index in [2.05, 4.69) is 0 Å². The summed E-state index contributed by atoms with van der Waals surface area (Å²) in [5, 5.41) is 0. The first kappa shape index (κ1) is 16.4. The van der Waals surface area contributed by atoms with Gasteiger partial charge in [0.1, 0.15) is 6.04 Å². The maximum absolute atomic E-state index is 12.8. The Morgan fingerprint density at radius 2 is 1.77 bits per heavy atom. The lowest BCUT2D eigenvalue weighted by molar-refractivity contribution is -0.128. The topological polar surface area (TPSA) is 59.1 Å². The lowest BCUT2D eigenvalue weighted by Gasteiger charge is -2.22. The van der Waals surface area contributed by atoms with Crippen molar-refractivity contribution in [3.8, 4) is 11.5 Å². The smallest absolute Gasteiger partial charge is 0.327 e. The van der Waals surface area contributed by atoms with Gasteiger partial charge >= 0.3 is 6.03 Å². The van der Waals surface area contributed by atoms with E-state index in [1.807, 2.05) is 55.5 Å². The summed E-state index contributed by atoms with van der Waals surface area (Å²) in [6.45, 7) is 2.76. The van der Waals surface area contributed by atoms with Crippen LogP contribution in [0.3, 0.4) is 0 Å². The molecule has 0 radical (unpaired) electrons. The maximum Gasteiger partial charge on any atom is 0.327 e. The van der Waals surface area contributed by atoms with E-state index in [1.54, 1.807) is 4.90 Å². The minimum absolute atomic E-state index is 0.137. The standard InChI is InChI=1S/C20H20N2O4/c1-2-21-19(23)16(10-14-6-4-3-5-7-14)22(20(21)24)12-15-8-9-17-18(11-15)26-13-25-17/h3-9,11,16H,2,10,12-13H2,1H3/t16-/m0/s1. The van der Waals surface area contributed by atoms with E-state index in [1.165, 1.54) is 4.90 Å². The molecule has 2 aliphatic rings. The second-order valence-electron chi connectivity index (χ2n) is 6.39. The van der Waals surface area contributed by atoms with Gasteiger partial charge in [0.2, 0.25) is 6.79 Å². The van der Waals surface area contributed by atoms with Crippen molar-refractivity contribution < 1.29 is 19.1 Å². The molecule has 2 aromatic carbocycles. The first-order chi connectivity index (χ1) is 12.7. The second-order valence-corrected chi connectivity index (χ2v) is 6.39. The number of hydrogen-bond acceptors (Lipinski definition) is 4. The summed E-state index contributed by atoms with van der Waals surface area (Å²) in [6, 6.07) is 14.7. The van der Waals surface area contributed by atoms with Crippen molar-refractivity contribution in [1.29, 1.82) is 0 Å². The third kappa shape index (κ3) is 2.87. The van der Waals surface area contributed by atoms with Gasteiger partial charge < -0.3 is 14.4 Å². The molecule has 2 aromatic rings. The van der Waals surface area contributed by atoms with E-state index in [4.69, 9.17) is 9.47 Å². The average Bonchev–Trinajstić information content (AvgIpc) is 3.20. The molecule has 0 spiro atoms. The fourth-order valence-electron chi connectivity index (χ4n) is 3.44. The van der Waals surface area contributed by atoms with Crippen LogP contribution in [0.1, 0.15) is 18.1 Å². The molecular weight excluding hydrogens is 332 g/mol. The highest BCUT2D eigenvalue weighted by Crippen LogP contribution is 2.33. The van der Waals surface area contributed by atoms with Gasteiger partial charge in [-0.15, -0.1) is 0 Å². The minimum atomic E-state index is -0.490. The molecule has 0 N–H and O–H groups in total. The van der Waals surface area contributed by atoms with Crippen molar-refractivity contribution in [1.82, 2.24) is 9.80 Å². The Labute approximate surface area is 151 Å². The van der Waals surface area contributed by atoms with E-state index in [9.17, 15) is 9.59 Å². The minimum Gasteiger partial charge on any atom is -0.454 e. The van der Waals surface area contributed by atoms with Crippen LogP contribution in [0.5, 0.6) is 11.5 Å². The molecule has 2 heterocycles. The summed E-state index contributed by atoms with van der Waals surface area (Å²) in [6.07, 6.45) is 0.506. The van der Waals surface area contributed by atoms with Crippen molar-refractivity contribution in [3.05, 3.63) is 59.7 Å². The van der Waals surface area contributed by atoms with E-state index in [0.717, 1.165) is 11.1 Å². The summed E-state index contributed by atoms with van der Waals surface area (Å²) in [5.41, 5.74) is 1.94. The molecule has 0 bridgehead atoms. The molecule has 26 heavy (non-hydrogen) atoms. The molecule has 0 saturated carbocycles. The van der Waals surface area contributed by atoms with E-state index in [-0.39, 0.29) is 18.7 Å². The highest BCUT2D eigenvalue weighted by molar-refractivity contribution is 6.04. The number of nitrogens with zero attached hydrogens (tertiary/aromatic N) is 2. The van der Waals surface area contributed by atoms with Crippen molar-refractivity contribution in [2.45, 2.75) is 25.9 Å². The highest BCUT2D eigenvalue weighted by Gasteiger charge is 2.44. The molecular formula is C20H20N2O4. The Hall–Kier alpha value is -3.02. The predicted molar refractivity (Wildman–Crippen MR) is 94.8 cm³/mol. The number of imide groups is 1. The van der Waals surface area contributed by atoms with Gasteiger partial charge in [-0.2, -0.15) is 0 Å². The molecule has 3 amide bonds. The van der Waals surface area contributed by atoms with Gasteiger partial charge in [0.15, 0.2) is 11.5 Å². The lowest BCUT2D eigenvalue weighted by Crippen LogP contribution is -2.36. The molecule has 134 valence electrons. The molecule has 1 fully saturated rings. The van der Waals surface area contributed by atoms with Gasteiger partial charge in [0.05, 0.1) is 0 Å². The highest BCUT2D eigenvalue weighted by atomic mass is 16.7. The number of carbonyl (C=O) groups excluding carboxylic acids is 2. The van der Waals surface area contributed by atoms with Crippen LogP contribution in [0.4, 0.5) is 4.79 Å². The molecule has 0 aromatic heterocycles. The van der Waals surface area contributed by atoms with Crippen LogP contribution in [-0.2, 0) is 17.8 Å². The van der Waals surface area contributed by atoms with Gasteiger partial charge in [0, 0.05) is 19.5 Å². The Morgan fingerprint density at radius 1 is 1.00 bits per heavy atom. The van der Waals surface area contributed by atoms with Gasteiger partial charge in [0.25, 0.3) is 5.91 Å². The third-order valence-electron chi connectivity index (χ3n) is 4.78. The predicted octanol–water partition coefficient (Wildman–Crippen LogP) is 2.81. The van der Waals surface area contributed by atoms with Crippen LogP contribution in [0.25, 0.3) is 0 Å². The van der Waals surface area contributed by atoms with Gasteiger partial charge in [-0.25, -0.2) is 4.79 Å². The van der Waals surface area contributed by atoms with Crippen molar-refractivity contribution in [2.75, 3.05) is 13.3 Å². The Bertz CT molecular complexity index is 837. The van der Waals surface area contributed by atoms with Crippen LogP contribution in [0.15, 0.2) is 48.5 Å². The van der Waals surface area contributed by atoms with Crippen LogP contribution in [0.2, 0.25) is 0 Å². The number of carbonyl (C=O) groups is 2. The van der Waals surface area contributed by atoms with Crippen LogP contribution in [0, 0.1) is 0 Å². The lowest BCUT2D eigenvalue weighted by atomic mass is 10.0. The fraction of sp³-hybridized carbons (Fsp3) is 0.300. The van der Waals surface area contributed by atoms with Crippen LogP contribution >= 0.6 is 0 Å². The Kier molecular flexibility index (Phi) is 4.24. The quantitative estimate of drug-likeness (QED) is 0.777. The van der Waals surface area contributed by atoms with Crippen LogP contribution in [-0.4, -0.2) is 41.1 Å². The number of fused-ring (bicyclic) bond motifs is 1. The number of urea groups is 1. The molecule has 1 saturated heterocycles. The SMILES string of the molecule is CCN1C(=O)[C@H](Cc2ccccc2)N(Cc2ccc3c(c2)OCO3)C1=O. The normalized spacial score (nSPS) is 18.7. The fourth-order valence-corrected chi connectivity index (χ4v) is 3.44. The average molecular weight is 352 g/mol. The number of benzene rings is 2. The Morgan fingerprint density at radius 3 is 2.54 bits per heavy atom.